The van der Waals surface area contributed by atoms with Gasteiger partial charge < -0.3 is 4.74 Å². The molecule has 0 amide bonds. The molecule has 3 rings (SSSR count). The van der Waals surface area contributed by atoms with E-state index in [1.807, 2.05) is 6.08 Å². The third kappa shape index (κ3) is 1.48. The van der Waals surface area contributed by atoms with E-state index in [4.69, 9.17) is 4.74 Å². The molecular weight excluding hydrogens is 216 g/mol. The highest BCUT2D eigenvalue weighted by molar-refractivity contribution is 5.95. The molecule has 0 bridgehead atoms. The fourth-order valence-corrected chi connectivity index (χ4v) is 3.49. The molecule has 1 heterocycles. The quantitative estimate of drug-likeness (QED) is 0.473. The van der Waals surface area contributed by atoms with E-state index in [0.29, 0.717) is 17.4 Å². The minimum absolute atomic E-state index is 0.0336. The van der Waals surface area contributed by atoms with E-state index in [2.05, 4.69) is 13.5 Å². The average molecular weight is 232 g/mol. The number of rotatable bonds is 0. The van der Waals surface area contributed by atoms with Gasteiger partial charge in [0, 0.05) is 17.4 Å². The van der Waals surface area contributed by atoms with Crippen molar-refractivity contribution < 1.29 is 14.3 Å². The van der Waals surface area contributed by atoms with Crippen molar-refractivity contribution in [1.82, 2.24) is 0 Å². The Balaban J connectivity index is 1.92. The van der Waals surface area contributed by atoms with Gasteiger partial charge in [0.1, 0.15) is 6.10 Å². The average Bonchev–Trinajstić information content (AvgIpc) is 2.71. The summed E-state index contributed by atoms with van der Waals surface area (Å²) in [6, 6.07) is 0. The van der Waals surface area contributed by atoms with Crippen molar-refractivity contribution >= 4 is 11.8 Å². The molecule has 0 radical (unpaired) electrons. The molecular formula is C14H16O3. The van der Waals surface area contributed by atoms with E-state index in [9.17, 15) is 9.59 Å². The second-order valence-corrected chi connectivity index (χ2v) is 5.47. The molecule has 0 spiro atoms. The molecule has 2 aliphatic carbocycles. The van der Waals surface area contributed by atoms with E-state index in [-0.39, 0.29) is 29.7 Å². The van der Waals surface area contributed by atoms with Gasteiger partial charge in [-0.3, -0.25) is 4.79 Å². The van der Waals surface area contributed by atoms with Gasteiger partial charge in [-0.05, 0) is 30.8 Å². The van der Waals surface area contributed by atoms with Gasteiger partial charge >= 0.3 is 5.97 Å². The molecule has 3 aliphatic rings. The zero-order valence-electron chi connectivity index (χ0n) is 9.89. The molecule has 1 saturated heterocycles. The van der Waals surface area contributed by atoms with Crippen LogP contribution in [0.5, 0.6) is 0 Å². The summed E-state index contributed by atoms with van der Waals surface area (Å²) in [5, 5.41) is 0. The van der Waals surface area contributed by atoms with Crippen molar-refractivity contribution in [3.8, 4) is 0 Å². The summed E-state index contributed by atoms with van der Waals surface area (Å²) in [4.78, 5) is 23.4. The molecule has 90 valence electrons. The maximum atomic E-state index is 11.8. The Hall–Kier alpha value is -1.38. The lowest BCUT2D eigenvalue weighted by Gasteiger charge is -2.21. The molecule has 0 N–H and O–H groups in total. The molecule has 0 aromatic rings. The third-order valence-electron chi connectivity index (χ3n) is 4.50. The Morgan fingerprint density at radius 2 is 2.06 bits per heavy atom. The lowest BCUT2D eigenvalue weighted by atomic mass is 9.82. The third-order valence-corrected chi connectivity index (χ3v) is 4.50. The number of allylic oxidation sites excluding steroid dienone is 2. The van der Waals surface area contributed by atoms with Crippen molar-refractivity contribution in [1.29, 1.82) is 0 Å². The van der Waals surface area contributed by atoms with Crippen molar-refractivity contribution in [3.63, 3.8) is 0 Å². The Morgan fingerprint density at radius 1 is 1.29 bits per heavy atom. The summed E-state index contributed by atoms with van der Waals surface area (Å²) in [6.45, 7) is 5.96. The Labute approximate surface area is 101 Å². The highest BCUT2D eigenvalue weighted by Crippen LogP contribution is 2.46. The van der Waals surface area contributed by atoms with E-state index >= 15 is 0 Å². The number of fused-ring (bicyclic) bond motifs is 2. The summed E-state index contributed by atoms with van der Waals surface area (Å²) in [5.41, 5.74) is 0.558. The van der Waals surface area contributed by atoms with Crippen molar-refractivity contribution in [2.24, 2.45) is 23.7 Å². The van der Waals surface area contributed by atoms with Gasteiger partial charge in [0.25, 0.3) is 0 Å². The zero-order valence-corrected chi connectivity index (χ0v) is 9.89. The Kier molecular flexibility index (Phi) is 2.25. The monoisotopic (exact) mass is 232 g/mol. The van der Waals surface area contributed by atoms with Crippen molar-refractivity contribution in [3.05, 3.63) is 24.3 Å². The summed E-state index contributed by atoms with van der Waals surface area (Å²) >= 11 is 0. The predicted octanol–water partition coefficient (Wildman–Crippen LogP) is 1.89. The highest BCUT2D eigenvalue weighted by Gasteiger charge is 2.47. The fourth-order valence-electron chi connectivity index (χ4n) is 3.49. The maximum absolute atomic E-state index is 11.8. The first-order chi connectivity index (χ1) is 8.08. The van der Waals surface area contributed by atoms with E-state index in [1.54, 1.807) is 6.08 Å². The van der Waals surface area contributed by atoms with Crippen LogP contribution in [0.3, 0.4) is 0 Å². The van der Waals surface area contributed by atoms with Gasteiger partial charge in [-0.15, -0.1) is 0 Å². The summed E-state index contributed by atoms with van der Waals surface area (Å²) < 4.78 is 5.35. The second-order valence-electron chi connectivity index (χ2n) is 5.47. The van der Waals surface area contributed by atoms with Crippen LogP contribution in [-0.4, -0.2) is 17.9 Å². The van der Waals surface area contributed by atoms with Gasteiger partial charge in [-0.25, -0.2) is 4.79 Å². The van der Waals surface area contributed by atoms with Crippen LogP contribution < -0.4 is 0 Å². The van der Waals surface area contributed by atoms with E-state index < -0.39 is 0 Å². The van der Waals surface area contributed by atoms with Gasteiger partial charge in [0.15, 0.2) is 5.78 Å². The topological polar surface area (TPSA) is 43.4 Å². The normalized spacial score (nSPS) is 44.3. The zero-order chi connectivity index (χ0) is 12.2. The van der Waals surface area contributed by atoms with Crippen LogP contribution in [0.2, 0.25) is 0 Å². The predicted molar refractivity (Wildman–Crippen MR) is 62.0 cm³/mol. The van der Waals surface area contributed by atoms with Gasteiger partial charge in [-0.2, -0.15) is 0 Å². The van der Waals surface area contributed by atoms with Crippen LogP contribution in [0.4, 0.5) is 0 Å². The first kappa shape index (κ1) is 10.8. The van der Waals surface area contributed by atoms with Gasteiger partial charge in [0.2, 0.25) is 0 Å². The van der Waals surface area contributed by atoms with E-state index in [1.165, 1.54) is 0 Å². The number of carbonyl (C=O) groups excluding carboxylic acids is 2. The maximum Gasteiger partial charge on any atom is 0.334 e. The lowest BCUT2D eigenvalue weighted by Crippen LogP contribution is -2.21. The molecule has 2 fully saturated rings. The lowest BCUT2D eigenvalue weighted by molar-refractivity contribution is -0.139. The molecule has 1 saturated carbocycles. The first-order valence-corrected chi connectivity index (χ1v) is 6.19. The molecule has 1 aliphatic heterocycles. The van der Waals surface area contributed by atoms with Crippen molar-refractivity contribution in [2.45, 2.75) is 25.9 Å². The summed E-state index contributed by atoms with van der Waals surface area (Å²) in [6.07, 6.45) is 5.23. The van der Waals surface area contributed by atoms with Gasteiger partial charge in [-0.1, -0.05) is 19.6 Å². The van der Waals surface area contributed by atoms with Crippen molar-refractivity contribution in [2.75, 3.05) is 0 Å². The number of carbonyl (C=O) groups is 2. The molecule has 3 nitrogen and oxygen atoms in total. The number of ether oxygens (including phenoxy) is 1. The number of esters is 1. The van der Waals surface area contributed by atoms with Crippen LogP contribution in [-0.2, 0) is 14.3 Å². The first-order valence-electron chi connectivity index (χ1n) is 6.19. The summed E-state index contributed by atoms with van der Waals surface area (Å²) in [7, 11) is 0. The van der Waals surface area contributed by atoms with Crippen LogP contribution in [0, 0.1) is 23.7 Å². The second kappa shape index (κ2) is 3.56. The fraction of sp³-hybridized carbons (Fsp3) is 0.571. The molecule has 0 aromatic heterocycles. The Bertz CT molecular complexity index is 435. The highest BCUT2D eigenvalue weighted by atomic mass is 16.6. The molecule has 0 aromatic carbocycles. The number of hydrogen-bond acceptors (Lipinski definition) is 3. The van der Waals surface area contributed by atoms with Crippen LogP contribution in [0.1, 0.15) is 19.8 Å². The minimum atomic E-state index is -0.274. The standard InChI is InChI=1S/C14H16O3/c1-7-5-13-10(8(2)14(16)17-13)6-11-9(7)3-4-12(11)15/h3-4,7,9-11,13H,2,5-6H2,1H3/t7-,9+,10-,11+,13+/m0/s1. The smallest absolute Gasteiger partial charge is 0.334 e. The molecule has 17 heavy (non-hydrogen) atoms. The number of ketones is 1. The van der Waals surface area contributed by atoms with Crippen LogP contribution >= 0.6 is 0 Å². The largest absolute Gasteiger partial charge is 0.458 e. The SMILES string of the molecule is C=C1C(=O)O[C@@H]2C[C@H](C)[C@H]3C=CC(=O)[C@@H]3C[C@@H]12. The number of hydrogen-bond donors (Lipinski definition) is 0. The molecule has 3 heteroatoms. The van der Waals surface area contributed by atoms with Crippen LogP contribution in [0.15, 0.2) is 24.3 Å². The minimum Gasteiger partial charge on any atom is -0.458 e. The molecule has 0 unspecified atom stereocenters. The molecule has 5 atom stereocenters. The van der Waals surface area contributed by atoms with Crippen LogP contribution in [0.25, 0.3) is 0 Å². The van der Waals surface area contributed by atoms with E-state index in [0.717, 1.165) is 12.8 Å². The summed E-state index contributed by atoms with van der Waals surface area (Å²) in [5.74, 6) is 0.713. The van der Waals surface area contributed by atoms with Gasteiger partial charge in [0.05, 0.1) is 0 Å². The Morgan fingerprint density at radius 3 is 2.82 bits per heavy atom.